The van der Waals surface area contributed by atoms with Crippen molar-refractivity contribution in [3.8, 4) is 0 Å². The number of thioether (sulfide) groups is 1. The Balaban J connectivity index is 2.15. The van der Waals surface area contributed by atoms with E-state index in [9.17, 15) is 19.2 Å². The monoisotopic (exact) mass is 344 g/mol. The van der Waals surface area contributed by atoms with Gasteiger partial charge in [0.05, 0.1) is 5.75 Å². The van der Waals surface area contributed by atoms with E-state index in [4.69, 9.17) is 0 Å². The van der Waals surface area contributed by atoms with Crippen molar-refractivity contribution < 1.29 is 19.2 Å². The number of carbonyl (C=O) groups is 4. The molecule has 23 heavy (non-hydrogen) atoms. The molecule has 0 atom stereocenters. The van der Waals surface area contributed by atoms with Crippen LogP contribution in [0.5, 0.6) is 0 Å². The quantitative estimate of drug-likeness (QED) is 0.438. The number of hydrogen-bond acceptors (Lipinski definition) is 6. The van der Waals surface area contributed by atoms with E-state index in [0.717, 1.165) is 42.7 Å². The zero-order valence-electron chi connectivity index (χ0n) is 13.6. The molecule has 0 radical (unpaired) electrons. The normalized spacial score (nSPS) is 14.5. The summed E-state index contributed by atoms with van der Waals surface area (Å²) in [6.07, 6.45) is 0.773. The minimum absolute atomic E-state index is 0.0732. The SMILES string of the molecule is CCN(CC)CCCNC(=O)C(=O)NCCN1C(=O)CSC1=O. The summed E-state index contributed by atoms with van der Waals surface area (Å²) in [6, 6.07) is 0. The van der Waals surface area contributed by atoms with E-state index < -0.39 is 11.8 Å². The van der Waals surface area contributed by atoms with Crippen LogP contribution in [0.25, 0.3) is 0 Å². The molecule has 1 rings (SSSR count). The van der Waals surface area contributed by atoms with Gasteiger partial charge < -0.3 is 15.5 Å². The molecule has 0 aromatic heterocycles. The van der Waals surface area contributed by atoms with Crippen molar-refractivity contribution in [1.82, 2.24) is 20.4 Å². The molecule has 130 valence electrons. The van der Waals surface area contributed by atoms with Crippen LogP contribution in [0.4, 0.5) is 4.79 Å². The Morgan fingerprint density at radius 2 is 1.74 bits per heavy atom. The number of imide groups is 1. The first-order chi connectivity index (χ1) is 11.0. The highest BCUT2D eigenvalue weighted by atomic mass is 32.2. The average molecular weight is 344 g/mol. The Morgan fingerprint density at radius 1 is 1.13 bits per heavy atom. The smallest absolute Gasteiger partial charge is 0.309 e. The summed E-state index contributed by atoms with van der Waals surface area (Å²) in [5, 5.41) is 4.64. The maximum absolute atomic E-state index is 11.6. The predicted molar refractivity (Wildman–Crippen MR) is 88.0 cm³/mol. The molecule has 0 spiro atoms. The fourth-order valence-electron chi connectivity index (χ4n) is 2.08. The number of rotatable bonds is 9. The minimum Gasteiger partial charge on any atom is -0.348 e. The average Bonchev–Trinajstić information content (AvgIpc) is 2.86. The summed E-state index contributed by atoms with van der Waals surface area (Å²) < 4.78 is 0. The van der Waals surface area contributed by atoms with Gasteiger partial charge in [-0.15, -0.1) is 0 Å². The van der Waals surface area contributed by atoms with Crippen molar-refractivity contribution in [2.24, 2.45) is 0 Å². The Bertz CT molecular complexity index is 438. The molecule has 1 heterocycles. The second-order valence-corrected chi connectivity index (χ2v) is 5.92. The summed E-state index contributed by atoms with van der Waals surface area (Å²) in [4.78, 5) is 49.2. The maximum atomic E-state index is 11.6. The highest BCUT2D eigenvalue weighted by molar-refractivity contribution is 8.14. The van der Waals surface area contributed by atoms with E-state index >= 15 is 0 Å². The third kappa shape index (κ3) is 6.57. The van der Waals surface area contributed by atoms with Crippen molar-refractivity contribution in [2.75, 3.05) is 45.0 Å². The van der Waals surface area contributed by atoms with Crippen LogP contribution in [-0.2, 0) is 14.4 Å². The van der Waals surface area contributed by atoms with E-state index in [1.54, 1.807) is 0 Å². The van der Waals surface area contributed by atoms with E-state index in [0.29, 0.717) is 6.54 Å². The molecule has 0 unspecified atom stereocenters. The van der Waals surface area contributed by atoms with Crippen molar-refractivity contribution in [3.05, 3.63) is 0 Å². The molecule has 4 amide bonds. The fraction of sp³-hybridized carbons (Fsp3) is 0.714. The highest BCUT2D eigenvalue weighted by Gasteiger charge is 2.29. The molecule has 1 fully saturated rings. The first kappa shape index (κ1) is 19.4. The number of carbonyl (C=O) groups excluding carboxylic acids is 4. The van der Waals surface area contributed by atoms with Gasteiger partial charge in [-0.05, 0) is 26.1 Å². The molecule has 1 aliphatic rings. The van der Waals surface area contributed by atoms with Gasteiger partial charge in [-0.3, -0.25) is 24.1 Å². The van der Waals surface area contributed by atoms with Gasteiger partial charge in [0.2, 0.25) is 5.91 Å². The fourth-order valence-corrected chi connectivity index (χ4v) is 2.84. The second kappa shape index (κ2) is 10.2. The largest absolute Gasteiger partial charge is 0.348 e. The van der Waals surface area contributed by atoms with Crippen LogP contribution in [-0.4, -0.2) is 77.8 Å². The summed E-state index contributed by atoms with van der Waals surface area (Å²) in [5.74, 6) is -1.58. The highest BCUT2D eigenvalue weighted by Crippen LogP contribution is 2.17. The van der Waals surface area contributed by atoms with E-state index in [-0.39, 0.29) is 30.0 Å². The zero-order chi connectivity index (χ0) is 17.2. The van der Waals surface area contributed by atoms with Crippen LogP contribution in [0, 0.1) is 0 Å². The lowest BCUT2D eigenvalue weighted by Gasteiger charge is -2.17. The van der Waals surface area contributed by atoms with Crippen LogP contribution in [0.2, 0.25) is 0 Å². The van der Waals surface area contributed by atoms with Gasteiger partial charge in [-0.2, -0.15) is 0 Å². The third-order valence-corrected chi connectivity index (χ3v) is 4.36. The molecule has 0 aromatic carbocycles. The predicted octanol–water partition coefficient (Wildman–Crippen LogP) is -0.354. The Kier molecular flexibility index (Phi) is 8.64. The number of nitrogens with one attached hydrogen (secondary N) is 2. The first-order valence-corrected chi connectivity index (χ1v) is 8.73. The van der Waals surface area contributed by atoms with Gasteiger partial charge in [0.15, 0.2) is 0 Å². The van der Waals surface area contributed by atoms with E-state index in [1.807, 2.05) is 0 Å². The summed E-state index contributed by atoms with van der Waals surface area (Å²) in [5.41, 5.74) is 0. The van der Waals surface area contributed by atoms with Crippen LogP contribution in [0.15, 0.2) is 0 Å². The standard InChI is InChI=1S/C14H24N4O4S/c1-3-17(4-2)8-5-6-15-12(20)13(21)16-7-9-18-11(19)10-23-14(18)22/h3-10H2,1-2H3,(H,15,20)(H,16,21). The minimum atomic E-state index is -0.750. The molecular formula is C14H24N4O4S. The number of amides is 4. The van der Waals surface area contributed by atoms with Gasteiger partial charge in [-0.1, -0.05) is 25.6 Å². The molecule has 1 saturated heterocycles. The van der Waals surface area contributed by atoms with E-state index in [1.165, 1.54) is 0 Å². The Morgan fingerprint density at radius 3 is 2.26 bits per heavy atom. The molecule has 1 aliphatic heterocycles. The van der Waals surface area contributed by atoms with Crippen molar-refractivity contribution in [3.63, 3.8) is 0 Å². The number of hydrogen-bond donors (Lipinski definition) is 2. The van der Waals surface area contributed by atoms with Gasteiger partial charge in [0, 0.05) is 19.6 Å². The topological polar surface area (TPSA) is 98.8 Å². The van der Waals surface area contributed by atoms with Gasteiger partial charge in [0.25, 0.3) is 5.24 Å². The lowest BCUT2D eigenvalue weighted by atomic mass is 10.3. The lowest BCUT2D eigenvalue weighted by Crippen LogP contribution is -2.44. The summed E-state index contributed by atoms with van der Waals surface area (Å²) >= 11 is 0.940. The van der Waals surface area contributed by atoms with Crippen LogP contribution < -0.4 is 10.6 Å². The van der Waals surface area contributed by atoms with Crippen LogP contribution in [0.3, 0.4) is 0 Å². The van der Waals surface area contributed by atoms with Crippen molar-refractivity contribution in [2.45, 2.75) is 20.3 Å². The van der Waals surface area contributed by atoms with Crippen LogP contribution in [0.1, 0.15) is 20.3 Å². The van der Waals surface area contributed by atoms with Crippen molar-refractivity contribution >= 4 is 34.7 Å². The molecule has 8 nitrogen and oxygen atoms in total. The van der Waals surface area contributed by atoms with Gasteiger partial charge >= 0.3 is 11.8 Å². The second-order valence-electron chi connectivity index (χ2n) is 4.99. The van der Waals surface area contributed by atoms with Gasteiger partial charge in [0.1, 0.15) is 0 Å². The molecule has 0 bridgehead atoms. The maximum Gasteiger partial charge on any atom is 0.309 e. The number of nitrogens with zero attached hydrogens (tertiary/aromatic N) is 2. The molecule has 0 saturated carbocycles. The van der Waals surface area contributed by atoms with Crippen LogP contribution >= 0.6 is 11.8 Å². The third-order valence-electron chi connectivity index (χ3n) is 3.50. The lowest BCUT2D eigenvalue weighted by molar-refractivity contribution is -0.139. The Hall–Kier alpha value is -1.61. The summed E-state index contributed by atoms with van der Waals surface area (Å²) in [6.45, 7) is 7.52. The Labute approximate surface area is 140 Å². The molecule has 0 aromatic rings. The van der Waals surface area contributed by atoms with Crippen molar-refractivity contribution in [1.29, 1.82) is 0 Å². The first-order valence-electron chi connectivity index (χ1n) is 7.75. The molecular weight excluding hydrogens is 320 g/mol. The molecule has 9 heteroatoms. The van der Waals surface area contributed by atoms with E-state index in [2.05, 4.69) is 29.4 Å². The molecule has 0 aliphatic carbocycles. The van der Waals surface area contributed by atoms with Gasteiger partial charge in [-0.25, -0.2) is 0 Å². The summed E-state index contributed by atoms with van der Waals surface area (Å²) in [7, 11) is 0. The molecule has 2 N–H and O–H groups in total. The zero-order valence-corrected chi connectivity index (χ0v) is 14.4.